The van der Waals surface area contributed by atoms with Gasteiger partial charge in [-0.2, -0.15) is 0 Å². The first-order valence-corrected chi connectivity index (χ1v) is 5.64. The van der Waals surface area contributed by atoms with Gasteiger partial charge in [-0.25, -0.2) is 0 Å². The minimum absolute atomic E-state index is 0.110. The van der Waals surface area contributed by atoms with Gasteiger partial charge in [-0.1, -0.05) is 18.1 Å². The lowest BCUT2D eigenvalue weighted by molar-refractivity contribution is 0.686. The molecule has 0 spiro atoms. The molecule has 78 valence electrons. The van der Waals surface area contributed by atoms with E-state index in [1.807, 2.05) is 6.92 Å². The van der Waals surface area contributed by atoms with Crippen LogP contribution in [0.5, 0.6) is 0 Å². The number of rotatable bonds is 2. The Hall–Kier alpha value is -1.42. The Kier molecular flexibility index (Phi) is 2.97. The SMILES string of the molecule is C#CC(C)Nc1cccc2c1CCCC2. The molecule has 15 heavy (non-hydrogen) atoms. The molecule has 0 aliphatic heterocycles. The lowest BCUT2D eigenvalue weighted by Gasteiger charge is -2.21. The van der Waals surface area contributed by atoms with Gasteiger partial charge in [-0.15, -0.1) is 6.42 Å². The van der Waals surface area contributed by atoms with Crippen molar-refractivity contribution in [3.05, 3.63) is 29.3 Å². The fourth-order valence-electron chi connectivity index (χ4n) is 2.19. The van der Waals surface area contributed by atoms with Gasteiger partial charge in [0.15, 0.2) is 0 Å². The number of nitrogens with one attached hydrogen (secondary N) is 1. The van der Waals surface area contributed by atoms with Gasteiger partial charge < -0.3 is 5.32 Å². The third-order valence-electron chi connectivity index (χ3n) is 3.02. The van der Waals surface area contributed by atoms with Gasteiger partial charge >= 0.3 is 0 Å². The largest absolute Gasteiger partial charge is 0.372 e. The van der Waals surface area contributed by atoms with E-state index < -0.39 is 0 Å². The lowest BCUT2D eigenvalue weighted by Crippen LogP contribution is -2.15. The quantitative estimate of drug-likeness (QED) is 0.722. The second-order valence-corrected chi connectivity index (χ2v) is 4.18. The molecule has 0 heterocycles. The molecule has 0 saturated heterocycles. The maximum atomic E-state index is 5.38. The monoisotopic (exact) mass is 199 g/mol. The van der Waals surface area contributed by atoms with E-state index in [0.29, 0.717) is 0 Å². The highest BCUT2D eigenvalue weighted by atomic mass is 14.9. The first-order chi connectivity index (χ1) is 7.31. The Labute approximate surface area is 91.9 Å². The zero-order valence-corrected chi connectivity index (χ0v) is 9.22. The summed E-state index contributed by atoms with van der Waals surface area (Å²) in [7, 11) is 0. The fraction of sp³-hybridized carbons (Fsp3) is 0.429. The van der Waals surface area contributed by atoms with Crippen LogP contribution in [0.2, 0.25) is 0 Å². The molecule has 1 N–H and O–H groups in total. The van der Waals surface area contributed by atoms with E-state index in [4.69, 9.17) is 6.42 Å². The van der Waals surface area contributed by atoms with E-state index in [0.717, 1.165) is 0 Å². The topological polar surface area (TPSA) is 12.0 Å². The molecule has 0 radical (unpaired) electrons. The van der Waals surface area contributed by atoms with Crippen LogP contribution in [-0.2, 0) is 12.8 Å². The van der Waals surface area contributed by atoms with Crippen LogP contribution in [0.1, 0.15) is 30.9 Å². The number of hydrogen-bond donors (Lipinski definition) is 1. The first-order valence-electron chi connectivity index (χ1n) is 5.64. The number of terminal acetylenes is 1. The molecule has 1 atom stereocenters. The minimum atomic E-state index is 0.110. The smallest absolute Gasteiger partial charge is 0.0845 e. The standard InChI is InChI=1S/C14H17N/c1-3-11(2)15-14-10-6-8-12-7-4-5-9-13(12)14/h1,6,8,10-11,15H,4-5,7,9H2,2H3. The highest BCUT2D eigenvalue weighted by Gasteiger charge is 2.13. The van der Waals surface area contributed by atoms with Crippen LogP contribution in [0.15, 0.2) is 18.2 Å². The number of hydrogen-bond acceptors (Lipinski definition) is 1. The predicted octanol–water partition coefficient (Wildman–Crippen LogP) is 3.00. The third-order valence-corrected chi connectivity index (χ3v) is 3.02. The van der Waals surface area contributed by atoms with E-state index in [9.17, 15) is 0 Å². The summed E-state index contributed by atoms with van der Waals surface area (Å²) in [6, 6.07) is 6.60. The van der Waals surface area contributed by atoms with Crippen LogP contribution >= 0.6 is 0 Å². The van der Waals surface area contributed by atoms with Crippen molar-refractivity contribution in [2.75, 3.05) is 5.32 Å². The Morgan fingerprint density at radius 2 is 2.13 bits per heavy atom. The van der Waals surface area contributed by atoms with Crippen LogP contribution in [0, 0.1) is 12.3 Å². The molecule has 0 bridgehead atoms. The van der Waals surface area contributed by atoms with Crippen LogP contribution in [0.3, 0.4) is 0 Å². The van der Waals surface area contributed by atoms with Crippen molar-refractivity contribution in [3.8, 4) is 12.3 Å². The molecule has 1 unspecified atom stereocenters. The summed E-state index contributed by atoms with van der Waals surface area (Å²) >= 11 is 0. The third kappa shape index (κ3) is 2.15. The van der Waals surface area contributed by atoms with E-state index >= 15 is 0 Å². The summed E-state index contributed by atoms with van der Waals surface area (Å²) < 4.78 is 0. The molecule has 0 amide bonds. The Morgan fingerprint density at radius 1 is 1.33 bits per heavy atom. The molecule has 0 aromatic heterocycles. The van der Waals surface area contributed by atoms with Gasteiger partial charge in [0.1, 0.15) is 0 Å². The Balaban J connectivity index is 2.28. The molecular weight excluding hydrogens is 182 g/mol. The molecule has 1 aliphatic carbocycles. The molecule has 2 rings (SSSR count). The van der Waals surface area contributed by atoms with E-state index in [1.165, 1.54) is 42.5 Å². The molecule has 1 aromatic rings. The fourth-order valence-corrected chi connectivity index (χ4v) is 2.19. The van der Waals surface area contributed by atoms with Crippen molar-refractivity contribution < 1.29 is 0 Å². The van der Waals surface area contributed by atoms with Crippen LogP contribution in [0.4, 0.5) is 5.69 Å². The van der Waals surface area contributed by atoms with Crippen molar-refractivity contribution in [1.82, 2.24) is 0 Å². The van der Waals surface area contributed by atoms with E-state index in [2.05, 4.69) is 29.4 Å². The number of fused-ring (bicyclic) bond motifs is 1. The van der Waals surface area contributed by atoms with Crippen molar-refractivity contribution in [2.45, 2.75) is 38.6 Å². The number of anilines is 1. The van der Waals surface area contributed by atoms with Crippen LogP contribution < -0.4 is 5.32 Å². The molecular formula is C14H17N. The lowest BCUT2D eigenvalue weighted by atomic mass is 9.90. The maximum absolute atomic E-state index is 5.38. The van der Waals surface area contributed by atoms with Crippen molar-refractivity contribution in [1.29, 1.82) is 0 Å². The van der Waals surface area contributed by atoms with Crippen LogP contribution in [-0.4, -0.2) is 6.04 Å². The summed E-state index contributed by atoms with van der Waals surface area (Å²) in [5.41, 5.74) is 4.21. The van der Waals surface area contributed by atoms with Crippen molar-refractivity contribution in [2.24, 2.45) is 0 Å². The van der Waals surface area contributed by atoms with E-state index in [1.54, 1.807) is 0 Å². The minimum Gasteiger partial charge on any atom is -0.372 e. The molecule has 1 heteroatoms. The summed E-state index contributed by atoms with van der Waals surface area (Å²) in [5, 5.41) is 3.38. The Bertz CT molecular complexity index is 387. The molecule has 0 fully saturated rings. The average molecular weight is 199 g/mol. The summed E-state index contributed by atoms with van der Waals surface area (Å²) in [6.45, 7) is 2.02. The van der Waals surface area contributed by atoms with Gasteiger partial charge in [0.2, 0.25) is 0 Å². The number of benzene rings is 1. The van der Waals surface area contributed by atoms with Crippen LogP contribution in [0.25, 0.3) is 0 Å². The molecule has 1 nitrogen and oxygen atoms in total. The highest BCUT2D eigenvalue weighted by molar-refractivity contribution is 5.56. The molecule has 1 aromatic carbocycles. The first kappa shape index (κ1) is 10.1. The van der Waals surface area contributed by atoms with Gasteiger partial charge in [-0.3, -0.25) is 0 Å². The Morgan fingerprint density at radius 3 is 2.93 bits per heavy atom. The normalized spacial score (nSPS) is 16.3. The van der Waals surface area contributed by atoms with Gasteiger partial charge in [0.25, 0.3) is 0 Å². The zero-order valence-electron chi connectivity index (χ0n) is 9.22. The summed E-state index contributed by atoms with van der Waals surface area (Å²) in [4.78, 5) is 0. The number of aryl methyl sites for hydroxylation is 1. The van der Waals surface area contributed by atoms with Gasteiger partial charge in [0.05, 0.1) is 6.04 Å². The van der Waals surface area contributed by atoms with Crippen molar-refractivity contribution >= 4 is 5.69 Å². The second kappa shape index (κ2) is 4.40. The average Bonchev–Trinajstić information content (AvgIpc) is 2.29. The highest BCUT2D eigenvalue weighted by Crippen LogP contribution is 2.28. The summed E-state index contributed by atoms with van der Waals surface area (Å²) in [5.74, 6) is 2.71. The summed E-state index contributed by atoms with van der Waals surface area (Å²) in [6.07, 6.45) is 10.4. The van der Waals surface area contributed by atoms with Crippen molar-refractivity contribution in [3.63, 3.8) is 0 Å². The zero-order chi connectivity index (χ0) is 10.7. The van der Waals surface area contributed by atoms with Gasteiger partial charge in [0, 0.05) is 5.69 Å². The molecule has 1 aliphatic rings. The second-order valence-electron chi connectivity index (χ2n) is 4.18. The maximum Gasteiger partial charge on any atom is 0.0845 e. The van der Waals surface area contributed by atoms with Gasteiger partial charge in [-0.05, 0) is 49.8 Å². The molecule has 0 saturated carbocycles. The van der Waals surface area contributed by atoms with E-state index in [-0.39, 0.29) is 6.04 Å². The predicted molar refractivity (Wildman–Crippen MR) is 65.0 cm³/mol.